The minimum absolute atomic E-state index is 0.0515. The van der Waals surface area contributed by atoms with Crippen molar-refractivity contribution in [1.82, 2.24) is 14.9 Å². The van der Waals surface area contributed by atoms with Crippen molar-refractivity contribution in [1.29, 1.82) is 0 Å². The molecule has 1 fully saturated rings. The summed E-state index contributed by atoms with van der Waals surface area (Å²) in [4.78, 5) is 24.1. The van der Waals surface area contributed by atoms with E-state index in [4.69, 9.17) is 15.2 Å². The minimum atomic E-state index is -1.01. The van der Waals surface area contributed by atoms with Crippen LogP contribution < -0.4 is 15.2 Å². The van der Waals surface area contributed by atoms with Gasteiger partial charge >= 0.3 is 0 Å². The van der Waals surface area contributed by atoms with E-state index in [-0.39, 0.29) is 11.9 Å². The Morgan fingerprint density at radius 3 is 2.25 bits per heavy atom. The lowest BCUT2D eigenvalue weighted by Gasteiger charge is -2.33. The Kier molecular flexibility index (Phi) is 5.99. The van der Waals surface area contributed by atoms with Crippen LogP contribution in [0.25, 0.3) is 11.1 Å². The number of nitrogen functional groups attached to an aromatic ring is 1. The number of ether oxygens (including phenoxy) is 2. The van der Waals surface area contributed by atoms with Crippen molar-refractivity contribution in [3.05, 3.63) is 66.6 Å². The van der Waals surface area contributed by atoms with Crippen LogP contribution in [0.5, 0.6) is 11.5 Å². The Hall–Kier alpha value is -3.61. The average Bonchev–Trinajstić information content (AvgIpc) is 3.29. The smallest absolute Gasteiger partial charge is 0.266 e. The van der Waals surface area contributed by atoms with Gasteiger partial charge in [-0.2, -0.15) is 0 Å². The number of hydrogen-bond donors (Lipinski definition) is 1. The summed E-state index contributed by atoms with van der Waals surface area (Å²) in [6.45, 7) is 4.30. The van der Waals surface area contributed by atoms with Crippen LogP contribution in [0.2, 0.25) is 0 Å². The fourth-order valence-corrected chi connectivity index (χ4v) is 3.99. The zero-order chi connectivity index (χ0) is 22.7. The molecule has 1 atom stereocenters. The number of aromatic nitrogens is 2. The van der Waals surface area contributed by atoms with E-state index in [9.17, 15) is 4.79 Å². The quantitative estimate of drug-likeness (QED) is 0.626. The second-order valence-corrected chi connectivity index (χ2v) is 8.39. The van der Waals surface area contributed by atoms with Crippen molar-refractivity contribution < 1.29 is 14.3 Å². The third kappa shape index (κ3) is 4.51. The lowest BCUT2D eigenvalue weighted by molar-refractivity contribution is -0.146. The van der Waals surface area contributed by atoms with Gasteiger partial charge in [-0.05, 0) is 69.2 Å². The Bertz CT molecular complexity index is 1060. The maximum Gasteiger partial charge on any atom is 0.266 e. The van der Waals surface area contributed by atoms with Crippen LogP contribution >= 0.6 is 0 Å². The number of rotatable bonds is 6. The second kappa shape index (κ2) is 8.86. The molecule has 4 rings (SSSR count). The Balaban J connectivity index is 1.49. The van der Waals surface area contributed by atoms with Gasteiger partial charge in [-0.15, -0.1) is 0 Å². The summed E-state index contributed by atoms with van der Waals surface area (Å²) in [6, 6.07) is 14.9. The number of nitrogens with zero attached hydrogens (tertiary/aromatic N) is 3. The predicted octanol–water partition coefficient (Wildman–Crippen LogP) is 4.26. The van der Waals surface area contributed by atoms with E-state index in [1.165, 1.54) is 0 Å². The monoisotopic (exact) mass is 432 g/mol. The summed E-state index contributed by atoms with van der Waals surface area (Å²) >= 11 is 0. The van der Waals surface area contributed by atoms with Gasteiger partial charge in [0.25, 0.3) is 5.91 Å². The number of anilines is 1. The van der Waals surface area contributed by atoms with Crippen LogP contribution in [-0.2, 0) is 4.79 Å². The van der Waals surface area contributed by atoms with Crippen LogP contribution in [0.3, 0.4) is 0 Å². The molecule has 0 spiro atoms. The van der Waals surface area contributed by atoms with Gasteiger partial charge in [-0.1, -0.05) is 6.07 Å². The number of benzene rings is 1. The molecule has 0 saturated carbocycles. The van der Waals surface area contributed by atoms with Gasteiger partial charge in [-0.25, -0.2) is 4.98 Å². The summed E-state index contributed by atoms with van der Waals surface area (Å²) in [7, 11) is 1.62. The molecule has 1 aliphatic rings. The van der Waals surface area contributed by atoms with Crippen molar-refractivity contribution in [2.45, 2.75) is 38.3 Å². The highest BCUT2D eigenvalue weighted by atomic mass is 16.5. The van der Waals surface area contributed by atoms with Crippen LogP contribution in [-0.4, -0.2) is 40.0 Å². The first-order chi connectivity index (χ1) is 15.4. The summed E-state index contributed by atoms with van der Waals surface area (Å²) in [6.07, 6.45) is 5.36. The Morgan fingerprint density at radius 2 is 1.66 bits per heavy atom. The van der Waals surface area contributed by atoms with Gasteiger partial charge in [0.05, 0.1) is 18.8 Å². The molecule has 3 heterocycles. The number of methoxy groups -OCH3 is 1. The lowest BCUT2D eigenvalue weighted by Crippen LogP contribution is -2.48. The lowest BCUT2D eigenvalue weighted by atomic mass is 10.0. The molecule has 1 aromatic carbocycles. The topological polar surface area (TPSA) is 90.6 Å². The predicted molar refractivity (Wildman–Crippen MR) is 123 cm³/mol. The van der Waals surface area contributed by atoms with Crippen molar-refractivity contribution in [2.75, 3.05) is 19.4 Å². The highest BCUT2D eigenvalue weighted by Crippen LogP contribution is 2.34. The number of hydrogen-bond acceptors (Lipinski definition) is 6. The third-order valence-corrected chi connectivity index (χ3v) is 5.71. The Labute approximate surface area is 188 Å². The summed E-state index contributed by atoms with van der Waals surface area (Å²) in [5, 5.41) is 0. The van der Waals surface area contributed by atoms with Crippen LogP contribution in [0.4, 0.5) is 5.82 Å². The van der Waals surface area contributed by atoms with E-state index in [1.807, 2.05) is 53.6 Å². The summed E-state index contributed by atoms with van der Waals surface area (Å²) in [5.74, 6) is 1.80. The molecule has 7 nitrogen and oxygen atoms in total. The van der Waals surface area contributed by atoms with E-state index >= 15 is 0 Å². The molecule has 1 saturated heterocycles. The van der Waals surface area contributed by atoms with E-state index in [2.05, 4.69) is 9.97 Å². The van der Waals surface area contributed by atoms with Gasteiger partial charge in [0.1, 0.15) is 17.3 Å². The fourth-order valence-electron chi connectivity index (χ4n) is 3.99. The second-order valence-electron chi connectivity index (χ2n) is 8.39. The van der Waals surface area contributed by atoms with E-state index in [0.29, 0.717) is 18.1 Å². The zero-order valence-electron chi connectivity index (χ0n) is 18.6. The molecule has 2 aromatic heterocycles. The minimum Gasteiger partial charge on any atom is -0.497 e. The van der Waals surface area contributed by atoms with E-state index in [0.717, 1.165) is 35.4 Å². The Morgan fingerprint density at radius 1 is 1.00 bits per heavy atom. The highest BCUT2D eigenvalue weighted by molar-refractivity contribution is 5.85. The largest absolute Gasteiger partial charge is 0.497 e. The number of carbonyl (C=O) groups is 1. The molecule has 0 radical (unpaired) electrons. The van der Waals surface area contributed by atoms with Crippen molar-refractivity contribution >= 4 is 11.7 Å². The molecule has 1 amide bonds. The van der Waals surface area contributed by atoms with Gasteiger partial charge in [-0.3, -0.25) is 9.78 Å². The molecular weight excluding hydrogens is 404 g/mol. The van der Waals surface area contributed by atoms with Gasteiger partial charge in [0.15, 0.2) is 5.60 Å². The van der Waals surface area contributed by atoms with Gasteiger partial charge < -0.3 is 20.1 Å². The van der Waals surface area contributed by atoms with E-state index in [1.54, 1.807) is 33.2 Å². The number of nitrogens with two attached hydrogens (primary N) is 1. The maximum absolute atomic E-state index is 13.4. The fraction of sp³-hybridized carbons (Fsp3) is 0.320. The summed E-state index contributed by atoms with van der Waals surface area (Å²) < 4.78 is 11.2. The van der Waals surface area contributed by atoms with Gasteiger partial charge in [0.2, 0.25) is 0 Å². The van der Waals surface area contributed by atoms with Crippen LogP contribution in [0.1, 0.15) is 38.4 Å². The summed E-state index contributed by atoms with van der Waals surface area (Å²) in [5.41, 5.74) is 7.45. The first-order valence-electron chi connectivity index (χ1n) is 10.7. The normalized spacial score (nSPS) is 16.1. The standard InChI is InChI=1S/C25H28N4O3/c1-25(2,32-20-10-8-19(31-3)9-11-20)24(30)29-14-4-5-22(29)21-12-6-17(15-27-21)18-7-13-23(26)28-16-18/h6-13,15-16,22H,4-5,14H2,1-3H3,(H2,26,28)/t22-/m0/s1. The zero-order valence-corrected chi connectivity index (χ0v) is 18.6. The molecule has 0 bridgehead atoms. The SMILES string of the molecule is COc1ccc(OC(C)(C)C(=O)N2CCC[C@H]2c2ccc(-c3ccc(N)nc3)cn2)cc1. The van der Waals surface area contributed by atoms with E-state index < -0.39 is 5.60 Å². The number of pyridine rings is 2. The third-order valence-electron chi connectivity index (χ3n) is 5.71. The molecule has 7 heteroatoms. The van der Waals surface area contributed by atoms with Crippen LogP contribution in [0, 0.1) is 0 Å². The van der Waals surface area contributed by atoms with Gasteiger partial charge in [0, 0.05) is 30.1 Å². The van der Waals surface area contributed by atoms with Crippen molar-refractivity contribution in [3.8, 4) is 22.6 Å². The molecule has 0 aliphatic carbocycles. The van der Waals surface area contributed by atoms with Crippen molar-refractivity contribution in [2.24, 2.45) is 0 Å². The number of carbonyl (C=O) groups excluding carboxylic acids is 1. The molecule has 166 valence electrons. The number of likely N-dealkylation sites (tertiary alicyclic amines) is 1. The first-order valence-corrected chi connectivity index (χ1v) is 10.7. The molecular formula is C25H28N4O3. The number of amides is 1. The average molecular weight is 433 g/mol. The van der Waals surface area contributed by atoms with Crippen molar-refractivity contribution in [3.63, 3.8) is 0 Å². The molecule has 3 aromatic rings. The molecule has 32 heavy (non-hydrogen) atoms. The highest BCUT2D eigenvalue weighted by Gasteiger charge is 2.40. The van der Waals surface area contributed by atoms with Crippen LogP contribution in [0.15, 0.2) is 60.9 Å². The molecule has 1 aliphatic heterocycles. The molecule has 0 unspecified atom stereocenters. The maximum atomic E-state index is 13.4. The molecule has 2 N–H and O–H groups in total. The first kappa shape index (κ1) is 21.6.